The SMILES string of the molecule is CC(C)(C)N(C(=O)[O-])C12CC(C=O)(C1)C2. The van der Waals surface area contributed by atoms with E-state index in [0.29, 0.717) is 19.3 Å². The summed E-state index contributed by atoms with van der Waals surface area (Å²) in [5.41, 5.74) is -0.967. The average Bonchev–Trinajstić information content (AvgIpc) is 1.89. The zero-order valence-electron chi connectivity index (χ0n) is 9.37. The first-order valence-corrected chi connectivity index (χ1v) is 5.22. The first kappa shape index (κ1) is 10.5. The molecule has 0 atom stereocenters. The largest absolute Gasteiger partial charge is 0.530 e. The molecule has 0 unspecified atom stereocenters. The maximum absolute atomic E-state index is 11.1. The number of rotatable bonds is 2. The molecule has 15 heavy (non-hydrogen) atoms. The quantitative estimate of drug-likeness (QED) is 0.625. The van der Waals surface area contributed by atoms with Gasteiger partial charge in [-0.1, -0.05) is 0 Å². The van der Waals surface area contributed by atoms with Gasteiger partial charge in [0.1, 0.15) is 12.4 Å². The Kier molecular flexibility index (Phi) is 1.77. The molecule has 0 aromatic carbocycles. The Morgan fingerprint density at radius 3 is 2.07 bits per heavy atom. The van der Waals surface area contributed by atoms with Crippen molar-refractivity contribution in [3.8, 4) is 0 Å². The van der Waals surface area contributed by atoms with Crippen molar-refractivity contribution in [1.82, 2.24) is 4.90 Å². The molecule has 0 aliphatic heterocycles. The summed E-state index contributed by atoms with van der Waals surface area (Å²) in [5.74, 6) is 0. The highest BCUT2D eigenvalue weighted by Gasteiger charge is 2.71. The van der Waals surface area contributed by atoms with E-state index in [1.165, 1.54) is 4.90 Å². The zero-order chi connectivity index (χ0) is 11.5. The van der Waals surface area contributed by atoms with Crippen LogP contribution in [0.2, 0.25) is 0 Å². The molecule has 0 aromatic heterocycles. The Morgan fingerprint density at radius 1 is 1.33 bits per heavy atom. The van der Waals surface area contributed by atoms with Gasteiger partial charge in [0, 0.05) is 16.5 Å². The molecule has 0 spiro atoms. The number of carbonyl (C=O) groups excluding carboxylic acids is 2. The number of nitrogens with zero attached hydrogens (tertiary/aromatic N) is 1. The molecule has 3 fully saturated rings. The van der Waals surface area contributed by atoms with Gasteiger partial charge >= 0.3 is 0 Å². The van der Waals surface area contributed by atoms with E-state index in [4.69, 9.17) is 0 Å². The third kappa shape index (κ3) is 1.20. The van der Waals surface area contributed by atoms with Crippen molar-refractivity contribution >= 4 is 12.4 Å². The Labute approximate surface area is 89.3 Å². The maximum atomic E-state index is 11.1. The van der Waals surface area contributed by atoms with Crippen LogP contribution in [-0.2, 0) is 4.79 Å². The summed E-state index contributed by atoms with van der Waals surface area (Å²) in [6.07, 6.45) is 1.88. The summed E-state index contributed by atoms with van der Waals surface area (Å²) < 4.78 is 0. The van der Waals surface area contributed by atoms with Gasteiger partial charge in [-0.05, 0) is 40.0 Å². The van der Waals surface area contributed by atoms with Gasteiger partial charge in [0.05, 0.1) is 0 Å². The smallest absolute Gasteiger partial charge is 0.137 e. The summed E-state index contributed by atoms with van der Waals surface area (Å²) >= 11 is 0. The van der Waals surface area contributed by atoms with Gasteiger partial charge in [-0.25, -0.2) is 0 Å². The third-order valence-electron chi connectivity index (χ3n) is 3.62. The second kappa shape index (κ2) is 2.54. The van der Waals surface area contributed by atoms with Crippen LogP contribution in [-0.4, -0.2) is 28.4 Å². The molecule has 0 radical (unpaired) electrons. The molecule has 4 nitrogen and oxygen atoms in total. The van der Waals surface area contributed by atoms with Gasteiger partial charge in [0.15, 0.2) is 0 Å². The minimum atomic E-state index is -1.12. The fourth-order valence-corrected chi connectivity index (χ4v) is 3.35. The van der Waals surface area contributed by atoms with Crippen LogP contribution in [0.5, 0.6) is 0 Å². The van der Waals surface area contributed by atoms with Crippen molar-refractivity contribution in [1.29, 1.82) is 0 Å². The zero-order valence-corrected chi connectivity index (χ0v) is 9.37. The molecule has 1 amide bonds. The number of carboxylic acid groups (broad SMARTS) is 1. The average molecular weight is 210 g/mol. The fraction of sp³-hybridized carbons (Fsp3) is 0.818. The minimum absolute atomic E-state index is 0.209. The number of amides is 1. The highest BCUT2D eigenvalue weighted by molar-refractivity contribution is 5.72. The molecule has 3 rings (SSSR count). The lowest BCUT2D eigenvalue weighted by atomic mass is 9.39. The molecule has 3 aliphatic carbocycles. The molecule has 0 aromatic rings. The molecule has 2 bridgehead atoms. The number of hydrogen-bond acceptors (Lipinski definition) is 3. The van der Waals surface area contributed by atoms with Crippen LogP contribution >= 0.6 is 0 Å². The van der Waals surface area contributed by atoms with Gasteiger partial charge in [-0.3, -0.25) is 0 Å². The van der Waals surface area contributed by atoms with E-state index in [9.17, 15) is 14.7 Å². The first-order valence-electron chi connectivity index (χ1n) is 5.22. The molecule has 0 saturated heterocycles. The van der Waals surface area contributed by atoms with Gasteiger partial charge in [0.2, 0.25) is 0 Å². The van der Waals surface area contributed by atoms with E-state index in [1.54, 1.807) is 0 Å². The Morgan fingerprint density at radius 2 is 1.80 bits per heavy atom. The number of aldehydes is 1. The van der Waals surface area contributed by atoms with Gasteiger partial charge in [0.25, 0.3) is 0 Å². The third-order valence-corrected chi connectivity index (χ3v) is 3.62. The van der Waals surface area contributed by atoms with Gasteiger partial charge in [-0.2, -0.15) is 0 Å². The van der Waals surface area contributed by atoms with Gasteiger partial charge < -0.3 is 19.6 Å². The van der Waals surface area contributed by atoms with Crippen LogP contribution < -0.4 is 5.11 Å². The highest BCUT2D eigenvalue weighted by atomic mass is 16.4. The predicted molar refractivity (Wildman–Crippen MR) is 52.1 cm³/mol. The first-order chi connectivity index (χ1) is 6.75. The molecular formula is C11H16NO3-. The fourth-order valence-electron chi connectivity index (χ4n) is 3.35. The van der Waals surface area contributed by atoms with Crippen LogP contribution in [0, 0.1) is 5.41 Å². The molecule has 0 N–H and O–H groups in total. The van der Waals surface area contributed by atoms with Crippen LogP contribution in [0.1, 0.15) is 40.0 Å². The summed E-state index contributed by atoms with van der Waals surface area (Å²) in [6.45, 7) is 5.57. The lowest BCUT2D eigenvalue weighted by Crippen LogP contribution is -2.80. The van der Waals surface area contributed by atoms with Crippen LogP contribution in [0.3, 0.4) is 0 Å². The molecule has 3 saturated carbocycles. The minimum Gasteiger partial charge on any atom is -0.530 e. The van der Waals surface area contributed by atoms with Crippen molar-refractivity contribution in [2.24, 2.45) is 5.41 Å². The maximum Gasteiger partial charge on any atom is 0.137 e. The summed E-state index contributed by atoms with van der Waals surface area (Å²) in [4.78, 5) is 23.3. The van der Waals surface area contributed by atoms with E-state index < -0.39 is 11.6 Å². The van der Waals surface area contributed by atoms with Crippen molar-refractivity contribution in [2.45, 2.75) is 51.1 Å². The van der Waals surface area contributed by atoms with E-state index in [-0.39, 0.29) is 11.0 Å². The lowest BCUT2D eigenvalue weighted by molar-refractivity contribution is -0.303. The highest BCUT2D eigenvalue weighted by Crippen LogP contribution is 2.69. The van der Waals surface area contributed by atoms with E-state index in [0.717, 1.165) is 6.29 Å². The standard InChI is InChI=1S/C11H17NO3/c1-9(2,3)12(8(14)15)11-4-10(5-11,6-11)7-13/h7H,4-6H2,1-3H3,(H,14,15)/p-1. The summed E-state index contributed by atoms with van der Waals surface area (Å²) in [7, 11) is 0. The second-order valence-corrected chi connectivity index (χ2v) is 6.01. The molecule has 4 heteroatoms. The number of carbonyl (C=O) groups is 2. The van der Waals surface area contributed by atoms with Crippen molar-refractivity contribution in [3.63, 3.8) is 0 Å². The second-order valence-electron chi connectivity index (χ2n) is 6.01. The van der Waals surface area contributed by atoms with E-state index >= 15 is 0 Å². The predicted octanol–water partition coefficient (Wildman–Crippen LogP) is 0.552. The summed E-state index contributed by atoms with van der Waals surface area (Å²) in [5, 5.41) is 11.1. The van der Waals surface area contributed by atoms with Crippen molar-refractivity contribution < 1.29 is 14.7 Å². The molecule has 3 aliphatic rings. The topological polar surface area (TPSA) is 60.4 Å². The molecule has 0 heterocycles. The van der Waals surface area contributed by atoms with Gasteiger partial charge in [-0.15, -0.1) is 0 Å². The van der Waals surface area contributed by atoms with E-state index in [2.05, 4.69) is 0 Å². The van der Waals surface area contributed by atoms with Crippen LogP contribution in [0.15, 0.2) is 0 Å². The number of hydrogen-bond donors (Lipinski definition) is 0. The van der Waals surface area contributed by atoms with Crippen molar-refractivity contribution in [3.05, 3.63) is 0 Å². The Bertz CT molecular complexity index is 309. The van der Waals surface area contributed by atoms with Crippen LogP contribution in [0.25, 0.3) is 0 Å². The lowest BCUT2D eigenvalue weighted by Gasteiger charge is -2.74. The van der Waals surface area contributed by atoms with Crippen LogP contribution in [0.4, 0.5) is 4.79 Å². The Balaban J connectivity index is 2.17. The normalized spacial score (nSPS) is 37.5. The Hall–Kier alpha value is -1.06. The van der Waals surface area contributed by atoms with Crippen molar-refractivity contribution in [2.75, 3.05) is 0 Å². The molecular weight excluding hydrogens is 194 g/mol. The summed E-state index contributed by atoms with van der Waals surface area (Å²) in [6, 6.07) is 0. The van der Waals surface area contributed by atoms with E-state index in [1.807, 2.05) is 20.8 Å². The monoisotopic (exact) mass is 210 g/mol. The molecule has 84 valence electrons.